The molecule has 0 atom stereocenters. The lowest BCUT2D eigenvalue weighted by Gasteiger charge is -2.29. The van der Waals surface area contributed by atoms with Gasteiger partial charge in [-0.1, -0.05) is 0 Å². The molecule has 5 heteroatoms. The van der Waals surface area contributed by atoms with Crippen LogP contribution in [0, 0.1) is 0 Å². The second kappa shape index (κ2) is 4.65. The molecule has 1 aliphatic carbocycles. The molecule has 1 aliphatic rings. The van der Waals surface area contributed by atoms with E-state index in [1.807, 2.05) is 6.07 Å². The number of ether oxygens (including phenoxy) is 1. The normalized spacial score (nSPS) is 15.9. The Morgan fingerprint density at radius 2 is 2.38 bits per heavy atom. The highest BCUT2D eigenvalue weighted by Crippen LogP contribution is 2.31. The van der Waals surface area contributed by atoms with Gasteiger partial charge in [-0.05, 0) is 25.8 Å². The van der Waals surface area contributed by atoms with Gasteiger partial charge in [-0.15, -0.1) is 0 Å². The van der Waals surface area contributed by atoms with Crippen LogP contribution in [0.25, 0.3) is 0 Å². The molecule has 1 fully saturated rings. The predicted molar refractivity (Wildman–Crippen MR) is 60.7 cm³/mol. The molecule has 0 saturated heterocycles. The standard InChI is InChI=1S/C11H17N3O2/c1-16-10-7-9(5-6-12)14(11(15)13-10)8-3-2-4-8/h7-8H,2-6,12H2,1H3. The summed E-state index contributed by atoms with van der Waals surface area (Å²) >= 11 is 0. The van der Waals surface area contributed by atoms with Crippen molar-refractivity contribution in [3.63, 3.8) is 0 Å². The van der Waals surface area contributed by atoms with E-state index in [-0.39, 0.29) is 5.69 Å². The molecule has 0 aliphatic heterocycles. The molecule has 0 radical (unpaired) electrons. The van der Waals surface area contributed by atoms with Crippen LogP contribution in [0.2, 0.25) is 0 Å². The quantitative estimate of drug-likeness (QED) is 0.806. The van der Waals surface area contributed by atoms with Gasteiger partial charge >= 0.3 is 5.69 Å². The zero-order chi connectivity index (χ0) is 11.5. The van der Waals surface area contributed by atoms with E-state index >= 15 is 0 Å². The van der Waals surface area contributed by atoms with Gasteiger partial charge in [0, 0.05) is 24.2 Å². The maximum atomic E-state index is 11.9. The largest absolute Gasteiger partial charge is 0.481 e. The van der Waals surface area contributed by atoms with Crippen LogP contribution >= 0.6 is 0 Å². The molecule has 1 aromatic rings. The molecular formula is C11H17N3O2. The number of nitrogens with zero attached hydrogens (tertiary/aromatic N) is 2. The first kappa shape index (κ1) is 11.1. The van der Waals surface area contributed by atoms with Crippen LogP contribution in [-0.4, -0.2) is 23.2 Å². The van der Waals surface area contributed by atoms with Crippen LogP contribution in [-0.2, 0) is 6.42 Å². The van der Waals surface area contributed by atoms with Crippen LogP contribution in [0.5, 0.6) is 5.88 Å². The van der Waals surface area contributed by atoms with Crippen LogP contribution < -0.4 is 16.2 Å². The average molecular weight is 223 g/mol. The van der Waals surface area contributed by atoms with Crippen molar-refractivity contribution in [2.24, 2.45) is 5.73 Å². The lowest BCUT2D eigenvalue weighted by molar-refractivity contribution is 0.291. The van der Waals surface area contributed by atoms with Crippen molar-refractivity contribution < 1.29 is 4.74 Å². The minimum Gasteiger partial charge on any atom is -0.481 e. The van der Waals surface area contributed by atoms with E-state index in [9.17, 15) is 4.79 Å². The van der Waals surface area contributed by atoms with Crippen molar-refractivity contribution in [1.82, 2.24) is 9.55 Å². The second-order valence-corrected chi connectivity index (χ2v) is 4.07. The van der Waals surface area contributed by atoms with Gasteiger partial charge in [0.15, 0.2) is 0 Å². The SMILES string of the molecule is COc1cc(CCN)n(C2CCC2)c(=O)n1. The second-order valence-electron chi connectivity index (χ2n) is 4.07. The molecule has 1 aromatic heterocycles. The molecule has 16 heavy (non-hydrogen) atoms. The summed E-state index contributed by atoms with van der Waals surface area (Å²) in [6.45, 7) is 0.527. The third-order valence-corrected chi connectivity index (χ3v) is 3.06. The van der Waals surface area contributed by atoms with Gasteiger partial charge in [0.2, 0.25) is 5.88 Å². The topological polar surface area (TPSA) is 70.1 Å². The van der Waals surface area contributed by atoms with E-state index in [2.05, 4.69) is 4.98 Å². The van der Waals surface area contributed by atoms with Crippen molar-refractivity contribution in [1.29, 1.82) is 0 Å². The monoisotopic (exact) mass is 223 g/mol. The van der Waals surface area contributed by atoms with E-state index in [1.165, 1.54) is 13.5 Å². The number of nitrogens with two attached hydrogens (primary N) is 1. The Balaban J connectivity index is 2.43. The summed E-state index contributed by atoms with van der Waals surface area (Å²) in [6.07, 6.45) is 3.99. The van der Waals surface area contributed by atoms with E-state index in [0.29, 0.717) is 24.9 Å². The zero-order valence-electron chi connectivity index (χ0n) is 9.48. The highest BCUT2D eigenvalue weighted by molar-refractivity contribution is 5.16. The summed E-state index contributed by atoms with van der Waals surface area (Å²) in [4.78, 5) is 15.7. The molecule has 0 unspecified atom stereocenters. The molecule has 0 amide bonds. The molecule has 5 nitrogen and oxygen atoms in total. The predicted octanol–water partition coefficient (Wildman–Crippen LogP) is 0.478. The number of rotatable bonds is 4. The summed E-state index contributed by atoms with van der Waals surface area (Å²) in [6, 6.07) is 2.12. The summed E-state index contributed by atoms with van der Waals surface area (Å²) < 4.78 is 6.78. The fraction of sp³-hybridized carbons (Fsp3) is 0.636. The number of methoxy groups -OCH3 is 1. The smallest absolute Gasteiger partial charge is 0.351 e. The molecule has 2 rings (SSSR count). The maximum Gasteiger partial charge on any atom is 0.351 e. The van der Waals surface area contributed by atoms with Gasteiger partial charge in [0.05, 0.1) is 7.11 Å². The maximum absolute atomic E-state index is 11.9. The van der Waals surface area contributed by atoms with Crippen molar-refractivity contribution in [3.05, 3.63) is 22.2 Å². The Kier molecular flexibility index (Phi) is 3.24. The summed E-state index contributed by atoms with van der Waals surface area (Å²) in [7, 11) is 1.52. The minimum atomic E-state index is -0.215. The molecule has 0 bridgehead atoms. The summed E-state index contributed by atoms with van der Waals surface area (Å²) in [5.74, 6) is 0.379. The van der Waals surface area contributed by atoms with Crippen LogP contribution in [0.3, 0.4) is 0 Å². The van der Waals surface area contributed by atoms with Crippen LogP contribution in [0.4, 0.5) is 0 Å². The lowest BCUT2D eigenvalue weighted by atomic mass is 9.92. The van der Waals surface area contributed by atoms with Gasteiger partial charge in [-0.3, -0.25) is 4.57 Å². The average Bonchev–Trinajstić information content (AvgIpc) is 2.20. The van der Waals surface area contributed by atoms with Crippen molar-refractivity contribution in [3.8, 4) is 5.88 Å². The van der Waals surface area contributed by atoms with Gasteiger partial charge in [0.1, 0.15) is 0 Å². The zero-order valence-corrected chi connectivity index (χ0v) is 9.48. The number of hydrogen-bond donors (Lipinski definition) is 1. The van der Waals surface area contributed by atoms with Gasteiger partial charge in [0.25, 0.3) is 0 Å². The fourth-order valence-corrected chi connectivity index (χ4v) is 2.00. The third-order valence-electron chi connectivity index (χ3n) is 3.06. The highest BCUT2D eigenvalue weighted by atomic mass is 16.5. The number of hydrogen-bond acceptors (Lipinski definition) is 4. The molecule has 0 spiro atoms. The Morgan fingerprint density at radius 3 is 2.88 bits per heavy atom. The first-order chi connectivity index (χ1) is 7.76. The summed E-state index contributed by atoms with van der Waals surface area (Å²) in [5, 5.41) is 0. The molecule has 1 saturated carbocycles. The van der Waals surface area contributed by atoms with Crippen molar-refractivity contribution >= 4 is 0 Å². The van der Waals surface area contributed by atoms with E-state index in [1.54, 1.807) is 4.57 Å². The van der Waals surface area contributed by atoms with Crippen molar-refractivity contribution in [2.75, 3.05) is 13.7 Å². The number of aromatic nitrogens is 2. The van der Waals surface area contributed by atoms with Gasteiger partial charge in [-0.25, -0.2) is 4.79 Å². The van der Waals surface area contributed by atoms with Crippen LogP contribution in [0.1, 0.15) is 31.0 Å². The fourth-order valence-electron chi connectivity index (χ4n) is 2.00. The Hall–Kier alpha value is -1.36. The Bertz CT molecular complexity index is 424. The van der Waals surface area contributed by atoms with E-state index in [4.69, 9.17) is 10.5 Å². The van der Waals surface area contributed by atoms with Gasteiger partial charge < -0.3 is 10.5 Å². The lowest BCUT2D eigenvalue weighted by Crippen LogP contribution is -2.34. The first-order valence-corrected chi connectivity index (χ1v) is 5.62. The van der Waals surface area contributed by atoms with E-state index < -0.39 is 0 Å². The van der Waals surface area contributed by atoms with E-state index in [0.717, 1.165) is 18.5 Å². The van der Waals surface area contributed by atoms with Gasteiger partial charge in [-0.2, -0.15) is 4.98 Å². The molecule has 1 heterocycles. The Labute approximate surface area is 94.2 Å². The third kappa shape index (κ3) is 1.95. The molecule has 88 valence electrons. The van der Waals surface area contributed by atoms with Crippen molar-refractivity contribution in [2.45, 2.75) is 31.7 Å². The van der Waals surface area contributed by atoms with Crippen LogP contribution in [0.15, 0.2) is 10.9 Å². The first-order valence-electron chi connectivity index (χ1n) is 5.62. The highest BCUT2D eigenvalue weighted by Gasteiger charge is 2.23. The molecule has 2 N–H and O–H groups in total. The minimum absolute atomic E-state index is 0.215. The molecular weight excluding hydrogens is 206 g/mol. The molecule has 0 aromatic carbocycles. The Morgan fingerprint density at radius 1 is 1.62 bits per heavy atom. The summed E-state index contributed by atoms with van der Waals surface area (Å²) in [5.41, 5.74) is 6.27.